The van der Waals surface area contributed by atoms with Crippen molar-refractivity contribution >= 4 is 22.8 Å². The third-order valence-corrected chi connectivity index (χ3v) is 5.05. The predicted molar refractivity (Wildman–Crippen MR) is 107 cm³/mol. The molecule has 0 atom stereocenters. The molecule has 2 aromatic heterocycles. The van der Waals surface area contributed by atoms with Gasteiger partial charge < -0.3 is 0 Å². The van der Waals surface area contributed by atoms with Crippen LogP contribution in [0, 0.1) is 24.4 Å². The molecule has 29 heavy (non-hydrogen) atoms. The number of hydrogen-bond acceptors (Lipinski definition) is 4. The molecule has 0 unspecified atom stereocenters. The van der Waals surface area contributed by atoms with E-state index in [9.17, 15) is 18.0 Å². The Bertz CT molecular complexity index is 1300. The van der Waals surface area contributed by atoms with Crippen LogP contribution in [0.3, 0.4) is 0 Å². The van der Waals surface area contributed by atoms with E-state index in [1.54, 1.807) is 25.3 Å². The molecule has 0 bridgehead atoms. The SMILES string of the molecule is CSc1nc(-c2ccc(F)c(C)c2)c2ccc(=O)n(-c3c(F)cccc3F)c2n1. The predicted octanol–water partition coefficient (Wildman–Crippen LogP) is 4.90. The average Bonchev–Trinajstić information content (AvgIpc) is 2.70. The van der Waals surface area contributed by atoms with Gasteiger partial charge in [0.05, 0.1) is 5.69 Å². The second-order valence-corrected chi connectivity index (χ2v) is 7.11. The maximum atomic E-state index is 14.5. The van der Waals surface area contributed by atoms with Gasteiger partial charge >= 0.3 is 0 Å². The first-order valence-corrected chi connectivity index (χ1v) is 9.82. The smallest absolute Gasteiger partial charge is 0.256 e. The van der Waals surface area contributed by atoms with E-state index in [1.165, 1.54) is 36.0 Å². The molecule has 0 saturated carbocycles. The summed E-state index contributed by atoms with van der Waals surface area (Å²) in [5.41, 5.74) is 0.397. The number of pyridine rings is 1. The summed E-state index contributed by atoms with van der Waals surface area (Å²) in [7, 11) is 0. The maximum Gasteiger partial charge on any atom is 0.256 e. The Morgan fingerprint density at radius 1 is 0.931 bits per heavy atom. The minimum absolute atomic E-state index is 0.0674. The zero-order valence-corrected chi connectivity index (χ0v) is 16.2. The summed E-state index contributed by atoms with van der Waals surface area (Å²) < 4.78 is 43.6. The first-order chi connectivity index (χ1) is 13.9. The average molecular weight is 413 g/mol. The van der Waals surface area contributed by atoms with Gasteiger partial charge in [-0.05, 0) is 55.1 Å². The fourth-order valence-corrected chi connectivity index (χ4v) is 3.48. The lowest BCUT2D eigenvalue weighted by molar-refractivity contribution is 0.568. The number of benzene rings is 2. The number of para-hydroxylation sites is 1. The fourth-order valence-electron chi connectivity index (χ4n) is 3.12. The molecule has 0 spiro atoms. The Labute approximate surface area is 168 Å². The van der Waals surface area contributed by atoms with E-state index in [2.05, 4.69) is 9.97 Å². The molecule has 0 radical (unpaired) electrons. The van der Waals surface area contributed by atoms with E-state index in [-0.39, 0.29) is 11.5 Å². The molecular weight excluding hydrogens is 399 g/mol. The second-order valence-electron chi connectivity index (χ2n) is 6.34. The number of fused-ring (bicyclic) bond motifs is 1. The van der Waals surface area contributed by atoms with Crippen molar-refractivity contribution in [1.82, 2.24) is 14.5 Å². The molecule has 2 heterocycles. The minimum atomic E-state index is -0.886. The van der Waals surface area contributed by atoms with Crippen LogP contribution in [0.4, 0.5) is 13.2 Å². The Morgan fingerprint density at radius 3 is 2.31 bits per heavy atom. The van der Waals surface area contributed by atoms with Gasteiger partial charge in [-0.15, -0.1) is 0 Å². The van der Waals surface area contributed by atoms with E-state index in [1.807, 2.05) is 0 Å². The van der Waals surface area contributed by atoms with Gasteiger partial charge in [0.2, 0.25) is 0 Å². The molecule has 8 heteroatoms. The van der Waals surface area contributed by atoms with Gasteiger partial charge in [0.25, 0.3) is 5.56 Å². The summed E-state index contributed by atoms with van der Waals surface area (Å²) in [5, 5.41) is 0.724. The Balaban J connectivity index is 2.14. The largest absolute Gasteiger partial charge is 0.269 e. The molecule has 0 N–H and O–H groups in total. The molecule has 4 rings (SSSR count). The Hall–Kier alpha value is -3.13. The van der Waals surface area contributed by atoms with Crippen molar-refractivity contribution < 1.29 is 13.2 Å². The normalized spacial score (nSPS) is 11.2. The number of aromatic nitrogens is 3. The van der Waals surface area contributed by atoms with Crippen molar-refractivity contribution in [3.8, 4) is 16.9 Å². The van der Waals surface area contributed by atoms with Crippen LogP contribution in [0.5, 0.6) is 0 Å². The highest BCUT2D eigenvalue weighted by Gasteiger charge is 2.19. The molecule has 146 valence electrons. The van der Waals surface area contributed by atoms with Crippen molar-refractivity contribution in [2.45, 2.75) is 12.1 Å². The van der Waals surface area contributed by atoms with Gasteiger partial charge in [0.15, 0.2) is 10.8 Å². The molecule has 0 saturated heterocycles. The topological polar surface area (TPSA) is 47.8 Å². The summed E-state index contributed by atoms with van der Waals surface area (Å²) in [6, 6.07) is 10.6. The van der Waals surface area contributed by atoms with Crippen LogP contribution < -0.4 is 5.56 Å². The van der Waals surface area contributed by atoms with Crippen molar-refractivity contribution in [2.75, 3.05) is 6.26 Å². The van der Waals surface area contributed by atoms with E-state index < -0.39 is 22.9 Å². The highest BCUT2D eigenvalue weighted by molar-refractivity contribution is 7.98. The molecule has 0 aliphatic carbocycles. The molecule has 2 aromatic carbocycles. The van der Waals surface area contributed by atoms with E-state index >= 15 is 0 Å². The number of halogens is 3. The van der Waals surface area contributed by atoms with Crippen LogP contribution in [-0.2, 0) is 0 Å². The lowest BCUT2D eigenvalue weighted by Gasteiger charge is -2.14. The maximum absolute atomic E-state index is 14.5. The molecule has 0 amide bonds. The summed E-state index contributed by atoms with van der Waals surface area (Å²) >= 11 is 1.22. The van der Waals surface area contributed by atoms with E-state index in [0.717, 1.165) is 16.7 Å². The summed E-state index contributed by atoms with van der Waals surface area (Å²) in [6.45, 7) is 1.63. The van der Waals surface area contributed by atoms with Crippen LogP contribution in [0.25, 0.3) is 28.0 Å². The summed E-state index contributed by atoms with van der Waals surface area (Å²) in [4.78, 5) is 21.4. The van der Waals surface area contributed by atoms with Gasteiger partial charge in [0, 0.05) is 17.0 Å². The number of thioether (sulfide) groups is 1. The first-order valence-electron chi connectivity index (χ1n) is 8.59. The van der Waals surface area contributed by atoms with Crippen LogP contribution in [0.1, 0.15) is 5.56 Å². The zero-order chi connectivity index (χ0) is 20.7. The lowest BCUT2D eigenvalue weighted by Crippen LogP contribution is -2.21. The zero-order valence-electron chi connectivity index (χ0n) is 15.4. The lowest BCUT2D eigenvalue weighted by atomic mass is 10.1. The molecule has 4 aromatic rings. The minimum Gasteiger partial charge on any atom is -0.269 e. The van der Waals surface area contributed by atoms with Crippen molar-refractivity contribution in [1.29, 1.82) is 0 Å². The molecule has 0 fully saturated rings. The van der Waals surface area contributed by atoms with Gasteiger partial charge in [-0.2, -0.15) is 0 Å². The van der Waals surface area contributed by atoms with Crippen LogP contribution in [-0.4, -0.2) is 20.8 Å². The quantitative estimate of drug-likeness (QED) is 0.354. The standard InChI is InChI=1S/C21H14F3N3OS/c1-11-10-12(6-8-14(11)22)18-13-7-9-17(28)27(20(13)26-21(25-18)29-2)19-15(23)4-3-5-16(19)24/h3-10H,1-2H3. The van der Waals surface area contributed by atoms with Crippen LogP contribution >= 0.6 is 11.8 Å². The van der Waals surface area contributed by atoms with E-state index in [0.29, 0.717) is 27.4 Å². The third kappa shape index (κ3) is 3.29. The highest BCUT2D eigenvalue weighted by atomic mass is 32.2. The Kier molecular flexibility index (Phi) is 4.87. The van der Waals surface area contributed by atoms with Gasteiger partial charge in [-0.3, -0.25) is 9.36 Å². The summed E-state index contributed by atoms with van der Waals surface area (Å²) in [5.74, 6) is -2.13. The number of hydrogen-bond donors (Lipinski definition) is 0. The van der Waals surface area contributed by atoms with Gasteiger partial charge in [-0.25, -0.2) is 23.1 Å². The number of aryl methyl sites for hydroxylation is 1. The van der Waals surface area contributed by atoms with Crippen LogP contribution in [0.15, 0.2) is 58.5 Å². The molecule has 0 aliphatic heterocycles. The summed E-state index contributed by atoms with van der Waals surface area (Å²) in [6.07, 6.45) is 1.75. The third-order valence-electron chi connectivity index (χ3n) is 4.50. The Morgan fingerprint density at radius 2 is 1.66 bits per heavy atom. The molecule has 0 aliphatic rings. The molecule has 4 nitrogen and oxygen atoms in total. The van der Waals surface area contributed by atoms with Crippen LogP contribution in [0.2, 0.25) is 0 Å². The first kappa shape index (κ1) is 19.2. The van der Waals surface area contributed by atoms with Crippen molar-refractivity contribution in [2.24, 2.45) is 0 Å². The van der Waals surface area contributed by atoms with Crippen molar-refractivity contribution in [3.63, 3.8) is 0 Å². The fraction of sp³-hybridized carbons (Fsp3) is 0.0952. The second kappa shape index (κ2) is 7.36. The van der Waals surface area contributed by atoms with E-state index in [4.69, 9.17) is 0 Å². The number of rotatable bonds is 3. The molecular formula is C21H14F3N3OS. The van der Waals surface area contributed by atoms with Gasteiger partial charge in [-0.1, -0.05) is 17.8 Å². The monoisotopic (exact) mass is 413 g/mol. The highest BCUT2D eigenvalue weighted by Crippen LogP contribution is 2.30. The van der Waals surface area contributed by atoms with Crippen molar-refractivity contribution in [3.05, 3.63) is 81.9 Å². The number of nitrogens with zero attached hydrogens (tertiary/aromatic N) is 3. The van der Waals surface area contributed by atoms with Gasteiger partial charge in [0.1, 0.15) is 23.1 Å².